The second kappa shape index (κ2) is 4.51. The van der Waals surface area contributed by atoms with E-state index in [0.29, 0.717) is 12.0 Å². The number of rotatable bonds is 5. The summed E-state index contributed by atoms with van der Waals surface area (Å²) in [6.07, 6.45) is 2.54. The van der Waals surface area contributed by atoms with Crippen molar-refractivity contribution < 1.29 is 9.47 Å². The van der Waals surface area contributed by atoms with Gasteiger partial charge in [0.25, 0.3) is 0 Å². The highest BCUT2D eigenvalue weighted by molar-refractivity contribution is 5.29. The maximum absolute atomic E-state index is 4.97. The number of nitrogens with one attached hydrogen (secondary N) is 1. The van der Waals surface area contributed by atoms with Crippen LogP contribution >= 0.6 is 0 Å². The van der Waals surface area contributed by atoms with E-state index in [1.165, 1.54) is 27.1 Å². The summed E-state index contributed by atoms with van der Waals surface area (Å²) < 4.78 is 9.95. The van der Waals surface area contributed by atoms with Crippen molar-refractivity contribution in [2.75, 3.05) is 19.5 Å². The fourth-order valence-electron chi connectivity index (χ4n) is 1.50. The van der Waals surface area contributed by atoms with Gasteiger partial charge in [-0.3, -0.25) is 0 Å². The lowest BCUT2D eigenvalue weighted by atomic mass is 10.2. The van der Waals surface area contributed by atoms with Crippen LogP contribution in [0.2, 0.25) is 0 Å². The third-order valence-electron chi connectivity index (χ3n) is 2.65. The average molecular weight is 224 g/mol. The first-order valence-corrected chi connectivity index (χ1v) is 5.33. The molecule has 88 valence electrons. The molecule has 1 heterocycles. The molecule has 1 aliphatic carbocycles. The minimum atomic E-state index is 0.261. The largest absolute Gasteiger partial charge is 0.467 e. The van der Waals surface area contributed by atoms with Crippen molar-refractivity contribution in [1.29, 1.82) is 0 Å². The van der Waals surface area contributed by atoms with Crippen molar-refractivity contribution in [2.24, 2.45) is 5.92 Å². The Morgan fingerprint density at radius 3 is 2.12 bits per heavy atom. The van der Waals surface area contributed by atoms with Gasteiger partial charge < -0.3 is 14.8 Å². The Balaban J connectivity index is 2.11. The van der Waals surface area contributed by atoms with Gasteiger partial charge in [-0.2, -0.15) is 9.97 Å². The number of hydrogen-bond donors (Lipinski definition) is 1. The van der Waals surface area contributed by atoms with Crippen molar-refractivity contribution in [3.8, 4) is 12.0 Å². The maximum atomic E-state index is 4.97. The highest BCUT2D eigenvalue weighted by Crippen LogP contribution is 2.33. The van der Waals surface area contributed by atoms with Crippen LogP contribution in [0.3, 0.4) is 0 Å². The van der Waals surface area contributed by atoms with Crippen LogP contribution in [0.15, 0.2) is 0 Å². The van der Waals surface area contributed by atoms with Crippen LogP contribution in [-0.4, -0.2) is 35.2 Å². The minimum Gasteiger partial charge on any atom is -0.467 e. The Bertz CT molecular complexity index is 346. The SMILES string of the molecule is COc1nc(NC(C)C2CC2)nc(OC)n1. The topological polar surface area (TPSA) is 69.2 Å². The molecule has 1 aromatic heterocycles. The molecule has 0 saturated heterocycles. The summed E-state index contributed by atoms with van der Waals surface area (Å²) in [5.74, 6) is 1.23. The van der Waals surface area contributed by atoms with E-state index >= 15 is 0 Å². The van der Waals surface area contributed by atoms with Gasteiger partial charge in [0.1, 0.15) is 0 Å². The third kappa shape index (κ3) is 2.50. The summed E-state index contributed by atoms with van der Waals surface area (Å²) in [7, 11) is 3.03. The Morgan fingerprint density at radius 2 is 1.69 bits per heavy atom. The molecule has 0 aliphatic heterocycles. The molecule has 1 saturated carbocycles. The van der Waals surface area contributed by atoms with Gasteiger partial charge in [0.2, 0.25) is 5.95 Å². The molecular formula is C10H16N4O2. The highest BCUT2D eigenvalue weighted by atomic mass is 16.5. The molecule has 2 rings (SSSR count). The van der Waals surface area contributed by atoms with Gasteiger partial charge >= 0.3 is 12.0 Å². The first kappa shape index (κ1) is 10.9. The van der Waals surface area contributed by atoms with Gasteiger partial charge in [-0.05, 0) is 25.7 Å². The first-order valence-electron chi connectivity index (χ1n) is 5.33. The number of anilines is 1. The molecule has 0 aromatic carbocycles. The number of methoxy groups -OCH3 is 2. The third-order valence-corrected chi connectivity index (χ3v) is 2.65. The van der Waals surface area contributed by atoms with Crippen LogP contribution in [0.1, 0.15) is 19.8 Å². The molecule has 1 atom stereocenters. The Kier molecular flexibility index (Phi) is 3.07. The molecule has 0 radical (unpaired) electrons. The Hall–Kier alpha value is -1.59. The number of aromatic nitrogens is 3. The van der Waals surface area contributed by atoms with E-state index in [4.69, 9.17) is 9.47 Å². The molecule has 16 heavy (non-hydrogen) atoms. The quantitative estimate of drug-likeness (QED) is 0.807. The van der Waals surface area contributed by atoms with Gasteiger partial charge in [0.05, 0.1) is 14.2 Å². The van der Waals surface area contributed by atoms with E-state index < -0.39 is 0 Å². The highest BCUT2D eigenvalue weighted by Gasteiger charge is 2.28. The summed E-state index contributed by atoms with van der Waals surface area (Å²) >= 11 is 0. The maximum Gasteiger partial charge on any atom is 0.324 e. The molecule has 6 heteroatoms. The van der Waals surface area contributed by atoms with Crippen LogP contribution in [0.4, 0.5) is 5.95 Å². The van der Waals surface area contributed by atoms with E-state index in [2.05, 4.69) is 27.2 Å². The van der Waals surface area contributed by atoms with E-state index in [-0.39, 0.29) is 12.0 Å². The van der Waals surface area contributed by atoms with Crippen molar-refractivity contribution in [2.45, 2.75) is 25.8 Å². The lowest BCUT2D eigenvalue weighted by Gasteiger charge is -2.13. The van der Waals surface area contributed by atoms with Gasteiger partial charge in [-0.25, -0.2) is 0 Å². The van der Waals surface area contributed by atoms with Crippen molar-refractivity contribution >= 4 is 5.95 Å². The lowest BCUT2D eigenvalue weighted by molar-refractivity contribution is 0.340. The van der Waals surface area contributed by atoms with Crippen molar-refractivity contribution in [1.82, 2.24) is 15.0 Å². The van der Waals surface area contributed by atoms with E-state index in [1.54, 1.807) is 0 Å². The van der Waals surface area contributed by atoms with E-state index in [9.17, 15) is 0 Å². The van der Waals surface area contributed by atoms with Crippen LogP contribution in [0.5, 0.6) is 12.0 Å². The molecule has 1 unspecified atom stereocenters. The van der Waals surface area contributed by atoms with E-state index in [0.717, 1.165) is 5.92 Å². The molecule has 1 fully saturated rings. The Labute approximate surface area is 94.4 Å². The monoisotopic (exact) mass is 224 g/mol. The van der Waals surface area contributed by atoms with Crippen molar-refractivity contribution in [3.63, 3.8) is 0 Å². The van der Waals surface area contributed by atoms with Crippen LogP contribution in [0, 0.1) is 5.92 Å². The molecule has 1 aliphatic rings. The average Bonchev–Trinajstić information content (AvgIpc) is 3.12. The van der Waals surface area contributed by atoms with Crippen LogP contribution in [-0.2, 0) is 0 Å². The molecule has 0 amide bonds. The Morgan fingerprint density at radius 1 is 1.12 bits per heavy atom. The molecule has 0 bridgehead atoms. The zero-order valence-electron chi connectivity index (χ0n) is 9.73. The molecular weight excluding hydrogens is 208 g/mol. The van der Waals surface area contributed by atoms with Gasteiger partial charge in [0.15, 0.2) is 0 Å². The smallest absolute Gasteiger partial charge is 0.324 e. The first-order chi connectivity index (χ1) is 7.72. The number of nitrogens with zero attached hydrogens (tertiary/aromatic N) is 3. The fraction of sp³-hybridized carbons (Fsp3) is 0.700. The van der Waals surface area contributed by atoms with Crippen LogP contribution in [0.25, 0.3) is 0 Å². The summed E-state index contributed by atoms with van der Waals surface area (Å²) in [5.41, 5.74) is 0. The summed E-state index contributed by atoms with van der Waals surface area (Å²) in [6.45, 7) is 2.13. The van der Waals surface area contributed by atoms with Crippen LogP contribution < -0.4 is 14.8 Å². The minimum absolute atomic E-state index is 0.261. The molecule has 6 nitrogen and oxygen atoms in total. The standard InChI is InChI=1S/C10H16N4O2/c1-6(7-4-5-7)11-8-12-9(15-2)14-10(13-8)16-3/h6-7H,4-5H2,1-3H3,(H,11,12,13,14). The zero-order valence-corrected chi connectivity index (χ0v) is 9.73. The lowest BCUT2D eigenvalue weighted by Crippen LogP contribution is -2.19. The molecule has 1 N–H and O–H groups in total. The molecule has 0 spiro atoms. The second-order valence-electron chi connectivity index (χ2n) is 3.90. The fourth-order valence-corrected chi connectivity index (χ4v) is 1.50. The predicted octanol–water partition coefficient (Wildman–Crippen LogP) is 1.10. The number of hydrogen-bond acceptors (Lipinski definition) is 6. The second-order valence-corrected chi connectivity index (χ2v) is 3.90. The number of ether oxygens (including phenoxy) is 2. The molecule has 1 aromatic rings. The van der Waals surface area contributed by atoms with Gasteiger partial charge in [-0.15, -0.1) is 4.98 Å². The van der Waals surface area contributed by atoms with Crippen molar-refractivity contribution in [3.05, 3.63) is 0 Å². The summed E-state index contributed by atoms with van der Waals surface area (Å²) in [5, 5.41) is 3.23. The predicted molar refractivity (Wildman–Crippen MR) is 58.7 cm³/mol. The zero-order chi connectivity index (χ0) is 11.5. The van der Waals surface area contributed by atoms with Gasteiger partial charge in [0, 0.05) is 6.04 Å². The van der Waals surface area contributed by atoms with E-state index in [1.807, 2.05) is 0 Å². The summed E-state index contributed by atoms with van der Waals surface area (Å²) in [4.78, 5) is 12.2. The summed E-state index contributed by atoms with van der Waals surface area (Å²) in [6, 6.07) is 0.895. The van der Waals surface area contributed by atoms with Gasteiger partial charge in [-0.1, -0.05) is 0 Å². The normalized spacial score (nSPS) is 16.7.